The van der Waals surface area contributed by atoms with E-state index in [1.807, 2.05) is 6.92 Å². The Balaban J connectivity index is 1.92. The molecule has 10 heteroatoms. The van der Waals surface area contributed by atoms with Crippen molar-refractivity contribution in [2.45, 2.75) is 49.3 Å². The Kier molecular flexibility index (Phi) is 6.93. The minimum absolute atomic E-state index is 0.0929. The number of aliphatic hydroxyl groups is 1. The third-order valence-electron chi connectivity index (χ3n) is 4.13. The Bertz CT molecular complexity index is 996. The minimum Gasteiger partial charge on any atom is -0.394 e. The predicted molar refractivity (Wildman–Crippen MR) is 115 cm³/mol. The zero-order valence-corrected chi connectivity index (χ0v) is 18.5. The normalized spacial score (nSPS) is 14.2. The highest BCUT2D eigenvalue weighted by molar-refractivity contribution is 7.99. The van der Waals surface area contributed by atoms with Crippen LogP contribution < -0.4 is 5.32 Å². The number of rotatable bonds is 8. The van der Waals surface area contributed by atoms with Gasteiger partial charge in [0.25, 0.3) is 0 Å². The molecule has 2 atom stereocenters. The van der Waals surface area contributed by atoms with Gasteiger partial charge >= 0.3 is 0 Å². The number of benzene rings is 1. The van der Waals surface area contributed by atoms with Gasteiger partial charge in [-0.25, -0.2) is 23.7 Å². The van der Waals surface area contributed by atoms with Gasteiger partial charge in [0, 0.05) is 17.2 Å². The number of thiazole rings is 1. The summed E-state index contributed by atoms with van der Waals surface area (Å²) in [5, 5.41) is 12.9. The number of hydrogen-bond acceptors (Lipinski definition) is 7. The van der Waals surface area contributed by atoms with E-state index >= 15 is 0 Å². The van der Waals surface area contributed by atoms with Crippen molar-refractivity contribution in [3.8, 4) is 0 Å². The van der Waals surface area contributed by atoms with Gasteiger partial charge in [-0.2, -0.15) is 0 Å². The summed E-state index contributed by atoms with van der Waals surface area (Å²) < 4.78 is 29.1. The zero-order valence-electron chi connectivity index (χ0n) is 16.1. The second-order valence-corrected chi connectivity index (χ2v) is 10.1. The second kappa shape index (κ2) is 9.07. The predicted octanol–water partition coefficient (Wildman–Crippen LogP) is 5.64. The van der Waals surface area contributed by atoms with E-state index < -0.39 is 11.7 Å². The summed E-state index contributed by atoms with van der Waals surface area (Å²) >= 11 is 8.53. The topological polar surface area (TPSA) is 70.9 Å². The number of aromatic nitrogens is 3. The van der Waals surface area contributed by atoms with Crippen LogP contribution in [0.2, 0.25) is 4.47 Å². The molecule has 156 valence electrons. The highest BCUT2D eigenvalue weighted by atomic mass is 35.5. The van der Waals surface area contributed by atoms with Crippen LogP contribution in [0.4, 0.5) is 14.6 Å². The molecule has 0 saturated carbocycles. The maximum Gasteiger partial charge on any atom is 0.192 e. The molecule has 5 nitrogen and oxygen atoms in total. The fourth-order valence-corrected chi connectivity index (χ4v) is 4.81. The van der Waals surface area contributed by atoms with E-state index in [4.69, 9.17) is 11.6 Å². The Morgan fingerprint density at radius 2 is 2.00 bits per heavy atom. The molecule has 0 aliphatic heterocycles. The lowest BCUT2D eigenvalue weighted by atomic mass is 10.0. The van der Waals surface area contributed by atoms with Crippen LogP contribution in [0, 0.1) is 5.82 Å². The van der Waals surface area contributed by atoms with E-state index in [2.05, 4.69) is 20.3 Å². The lowest BCUT2D eigenvalue weighted by Gasteiger charge is -2.23. The van der Waals surface area contributed by atoms with Gasteiger partial charge in [0.1, 0.15) is 16.2 Å². The summed E-state index contributed by atoms with van der Waals surface area (Å²) in [7, 11) is 0. The molecular formula is C19H21ClF2N4OS2. The van der Waals surface area contributed by atoms with Crippen molar-refractivity contribution in [1.82, 2.24) is 15.0 Å². The third kappa shape index (κ3) is 5.75. The molecular weight excluding hydrogens is 438 g/mol. The second-order valence-electron chi connectivity index (χ2n) is 7.20. The first-order chi connectivity index (χ1) is 13.7. The smallest absolute Gasteiger partial charge is 0.192 e. The van der Waals surface area contributed by atoms with Crippen LogP contribution >= 0.6 is 34.7 Å². The molecule has 2 N–H and O–H groups in total. The fourth-order valence-electron chi connectivity index (χ4n) is 2.90. The van der Waals surface area contributed by atoms with Crippen molar-refractivity contribution in [1.29, 1.82) is 0 Å². The minimum atomic E-state index is -1.46. The number of halogens is 3. The molecule has 0 fully saturated rings. The molecule has 0 aliphatic carbocycles. The number of thioether (sulfide) groups is 1. The average Bonchev–Trinajstić information content (AvgIpc) is 3.00. The van der Waals surface area contributed by atoms with Gasteiger partial charge in [-0.1, -0.05) is 52.9 Å². The van der Waals surface area contributed by atoms with Crippen LogP contribution in [-0.2, 0) is 0 Å². The standard InChI is InChI=1S/C19H21ClF2N4OS2/c1-10(12-6-4-5-7-13(12)21)28-18-25-15(14-16(26-18)24-17(20)29-14)23-11(9-27)8-19(2,3)22/h4-7,10-11,27H,8-9H2,1-3H3,(H,23,25,26)/t10-,11+/m0/s1. The summed E-state index contributed by atoms with van der Waals surface area (Å²) in [4.78, 5) is 13.2. The highest BCUT2D eigenvalue weighted by Crippen LogP contribution is 2.38. The van der Waals surface area contributed by atoms with E-state index in [0.29, 0.717) is 31.4 Å². The number of hydrogen-bond donors (Lipinski definition) is 2. The van der Waals surface area contributed by atoms with Gasteiger partial charge in [0.05, 0.1) is 12.6 Å². The summed E-state index contributed by atoms with van der Waals surface area (Å²) in [6, 6.07) is 6.00. The average molecular weight is 459 g/mol. The lowest BCUT2D eigenvalue weighted by molar-refractivity contribution is 0.165. The molecule has 29 heavy (non-hydrogen) atoms. The zero-order chi connectivity index (χ0) is 21.2. The van der Waals surface area contributed by atoms with E-state index in [1.54, 1.807) is 18.2 Å². The van der Waals surface area contributed by atoms with Crippen molar-refractivity contribution in [2.24, 2.45) is 0 Å². The van der Waals surface area contributed by atoms with Crippen LogP contribution in [-0.4, -0.2) is 38.4 Å². The number of fused-ring (bicyclic) bond motifs is 1. The number of aliphatic hydroxyl groups excluding tert-OH is 1. The van der Waals surface area contributed by atoms with Crippen LogP contribution in [0.5, 0.6) is 0 Å². The van der Waals surface area contributed by atoms with Gasteiger partial charge in [-0.05, 0) is 26.8 Å². The first kappa shape index (κ1) is 22.1. The molecule has 0 spiro atoms. The molecule has 1 aromatic carbocycles. The summed E-state index contributed by atoms with van der Waals surface area (Å²) in [6.07, 6.45) is 0.0929. The first-order valence-electron chi connectivity index (χ1n) is 8.97. The van der Waals surface area contributed by atoms with Crippen molar-refractivity contribution >= 4 is 50.9 Å². The Morgan fingerprint density at radius 3 is 2.66 bits per heavy atom. The van der Waals surface area contributed by atoms with Crippen LogP contribution in [0.3, 0.4) is 0 Å². The van der Waals surface area contributed by atoms with Crippen LogP contribution in [0.15, 0.2) is 29.4 Å². The molecule has 0 saturated heterocycles. The van der Waals surface area contributed by atoms with Gasteiger partial charge in [-0.15, -0.1) is 0 Å². The van der Waals surface area contributed by atoms with Crippen molar-refractivity contribution in [3.05, 3.63) is 40.1 Å². The largest absolute Gasteiger partial charge is 0.394 e. The Morgan fingerprint density at radius 1 is 1.28 bits per heavy atom. The molecule has 3 aromatic rings. The summed E-state index contributed by atoms with van der Waals surface area (Å²) in [6.45, 7) is 4.50. The third-order valence-corrected chi connectivity index (χ3v) is 6.28. The molecule has 2 aromatic heterocycles. The van der Waals surface area contributed by atoms with Crippen LogP contribution in [0.1, 0.15) is 38.0 Å². The fraction of sp³-hybridized carbons (Fsp3) is 0.421. The maximum atomic E-state index is 14.1. The molecule has 0 aliphatic rings. The van der Waals surface area contributed by atoms with Crippen molar-refractivity contribution in [2.75, 3.05) is 11.9 Å². The number of alkyl halides is 1. The number of nitrogens with one attached hydrogen (secondary N) is 1. The maximum absolute atomic E-state index is 14.1. The SMILES string of the molecule is C[C@H](Sc1nc(N[C@@H](CO)CC(C)(C)F)c2sc(Cl)nc2n1)c1ccccc1F. The number of anilines is 1. The number of nitrogens with zero attached hydrogens (tertiary/aromatic N) is 3. The van der Waals surface area contributed by atoms with E-state index in [1.165, 1.54) is 43.0 Å². The van der Waals surface area contributed by atoms with E-state index in [9.17, 15) is 13.9 Å². The van der Waals surface area contributed by atoms with Gasteiger partial charge < -0.3 is 10.4 Å². The van der Waals surface area contributed by atoms with Gasteiger partial charge in [-0.3, -0.25) is 0 Å². The highest BCUT2D eigenvalue weighted by Gasteiger charge is 2.24. The van der Waals surface area contributed by atoms with Crippen molar-refractivity contribution < 1.29 is 13.9 Å². The molecule has 0 bridgehead atoms. The molecule has 2 heterocycles. The van der Waals surface area contributed by atoms with Crippen molar-refractivity contribution in [3.63, 3.8) is 0 Å². The lowest BCUT2D eigenvalue weighted by Crippen LogP contribution is -2.31. The van der Waals surface area contributed by atoms with Gasteiger partial charge in [0.15, 0.2) is 21.1 Å². The Hall–Kier alpha value is -1.55. The quantitative estimate of drug-likeness (QED) is 0.336. The summed E-state index contributed by atoms with van der Waals surface area (Å²) in [5.74, 6) is 0.125. The van der Waals surface area contributed by atoms with Crippen LogP contribution in [0.25, 0.3) is 10.3 Å². The van der Waals surface area contributed by atoms with E-state index in [0.717, 1.165) is 0 Å². The first-order valence-corrected chi connectivity index (χ1v) is 11.0. The van der Waals surface area contributed by atoms with Gasteiger partial charge in [0.2, 0.25) is 0 Å². The molecule has 0 unspecified atom stereocenters. The molecule has 3 rings (SSSR count). The summed E-state index contributed by atoms with van der Waals surface area (Å²) in [5.41, 5.74) is -0.522. The monoisotopic (exact) mass is 458 g/mol. The Labute approximate surface area is 180 Å². The molecule has 0 amide bonds. The molecule has 0 radical (unpaired) electrons. The van der Waals surface area contributed by atoms with E-state index in [-0.39, 0.29) is 24.1 Å².